The fraction of sp³-hybridized carbons (Fsp3) is 0.667. The number of nitrogens with one attached hydrogen (secondary N) is 2. The number of benzene rings is 1. The number of methoxy groups -OCH3 is 2. The Bertz CT molecular complexity index is 689. The van der Waals surface area contributed by atoms with Gasteiger partial charge >= 0.3 is 0 Å². The summed E-state index contributed by atoms with van der Waals surface area (Å²) in [4.78, 5) is 9.22. The van der Waals surface area contributed by atoms with Gasteiger partial charge in [-0.25, -0.2) is 0 Å². The smallest absolute Gasteiger partial charge is 0.191 e. The predicted molar refractivity (Wildman–Crippen MR) is 135 cm³/mol. The van der Waals surface area contributed by atoms with Crippen molar-refractivity contribution in [2.24, 2.45) is 4.99 Å². The van der Waals surface area contributed by atoms with Crippen LogP contribution in [0.25, 0.3) is 0 Å². The Hall–Kier alpha value is -0.970. The van der Waals surface area contributed by atoms with E-state index in [9.17, 15) is 0 Å². The van der Waals surface area contributed by atoms with E-state index in [0.717, 1.165) is 74.2 Å². The summed E-state index contributed by atoms with van der Waals surface area (Å²) in [7, 11) is 5.28. The molecule has 1 atom stereocenters. The zero-order chi connectivity index (χ0) is 20.6. The van der Waals surface area contributed by atoms with E-state index in [1.807, 2.05) is 25.2 Å². The van der Waals surface area contributed by atoms with Crippen LogP contribution in [0.1, 0.15) is 19.3 Å². The Morgan fingerprint density at radius 1 is 1.27 bits per heavy atom. The van der Waals surface area contributed by atoms with Crippen molar-refractivity contribution < 1.29 is 9.47 Å². The van der Waals surface area contributed by atoms with E-state index < -0.39 is 0 Å². The molecule has 3 rings (SSSR count). The van der Waals surface area contributed by atoms with Gasteiger partial charge in [0.25, 0.3) is 0 Å². The van der Waals surface area contributed by atoms with E-state index in [1.165, 1.54) is 12.8 Å². The molecule has 1 saturated heterocycles. The van der Waals surface area contributed by atoms with Gasteiger partial charge in [0.2, 0.25) is 0 Å². The molecule has 0 spiro atoms. The van der Waals surface area contributed by atoms with Crippen LogP contribution in [0.2, 0.25) is 5.02 Å². The summed E-state index contributed by atoms with van der Waals surface area (Å²) in [6, 6.07) is 6.83. The molecule has 1 aromatic rings. The fourth-order valence-corrected chi connectivity index (χ4v) is 4.00. The quantitative estimate of drug-likeness (QED) is 0.265. The first-order chi connectivity index (χ1) is 14.1. The van der Waals surface area contributed by atoms with Gasteiger partial charge in [-0.1, -0.05) is 11.6 Å². The molecular weight excluding hydrogens is 517 g/mol. The number of ether oxygens (including phenoxy) is 2. The van der Waals surface area contributed by atoms with Gasteiger partial charge in [0.1, 0.15) is 5.75 Å². The van der Waals surface area contributed by atoms with Gasteiger partial charge < -0.3 is 25.0 Å². The van der Waals surface area contributed by atoms with Crippen molar-refractivity contribution in [1.82, 2.24) is 15.5 Å². The molecule has 0 amide bonds. The lowest BCUT2D eigenvalue weighted by atomic mass is 10.2. The molecule has 1 aromatic carbocycles. The monoisotopic (exact) mass is 551 g/mol. The summed E-state index contributed by atoms with van der Waals surface area (Å²) < 4.78 is 10.7. The second-order valence-electron chi connectivity index (χ2n) is 7.65. The van der Waals surface area contributed by atoms with Gasteiger partial charge in [-0.3, -0.25) is 9.89 Å². The van der Waals surface area contributed by atoms with Crippen LogP contribution in [0.4, 0.5) is 5.69 Å². The van der Waals surface area contributed by atoms with Crippen LogP contribution in [0.5, 0.6) is 5.75 Å². The predicted octanol–water partition coefficient (Wildman–Crippen LogP) is 2.82. The first-order valence-electron chi connectivity index (χ1n) is 10.4. The van der Waals surface area contributed by atoms with Crippen molar-refractivity contribution in [3.8, 4) is 5.75 Å². The molecule has 1 saturated carbocycles. The summed E-state index contributed by atoms with van der Waals surface area (Å²) in [6.07, 6.45) is 3.65. The van der Waals surface area contributed by atoms with Gasteiger partial charge in [-0.15, -0.1) is 24.0 Å². The Kier molecular flexibility index (Phi) is 10.8. The van der Waals surface area contributed by atoms with E-state index in [1.54, 1.807) is 14.2 Å². The molecule has 9 heteroatoms. The fourth-order valence-electron chi connectivity index (χ4n) is 3.84. The molecular formula is C21H35ClIN5O2. The highest BCUT2D eigenvalue weighted by molar-refractivity contribution is 14.0. The van der Waals surface area contributed by atoms with Crippen molar-refractivity contribution in [2.45, 2.75) is 31.3 Å². The first kappa shape index (κ1) is 25.3. The molecule has 30 heavy (non-hydrogen) atoms. The number of rotatable bonds is 10. The molecule has 0 radical (unpaired) electrons. The van der Waals surface area contributed by atoms with E-state index in [4.69, 9.17) is 21.1 Å². The van der Waals surface area contributed by atoms with Gasteiger partial charge in [-0.05, 0) is 37.5 Å². The van der Waals surface area contributed by atoms with E-state index in [-0.39, 0.29) is 24.0 Å². The van der Waals surface area contributed by atoms with Crippen molar-refractivity contribution in [3.05, 3.63) is 23.2 Å². The number of anilines is 1. The standard InChI is InChI=1S/C21H34ClN5O2.HI/c1-23-21(24-9-11-26(12-13-28-2)18-5-6-18)25-17-8-10-27(15-17)19-14-16(22)4-7-20(19)29-3;/h4,7,14,17-18H,5-6,8-13,15H2,1-3H3,(H2,23,24,25);1H. The maximum absolute atomic E-state index is 6.20. The summed E-state index contributed by atoms with van der Waals surface area (Å²) in [5.74, 6) is 1.71. The van der Waals surface area contributed by atoms with Crippen LogP contribution >= 0.6 is 35.6 Å². The minimum atomic E-state index is 0. The average Bonchev–Trinajstić information content (AvgIpc) is 3.47. The number of halogens is 2. The molecule has 170 valence electrons. The number of hydrogen-bond donors (Lipinski definition) is 2. The van der Waals surface area contributed by atoms with Gasteiger partial charge in [0.05, 0.1) is 19.4 Å². The third-order valence-corrected chi connectivity index (χ3v) is 5.81. The van der Waals surface area contributed by atoms with Crippen molar-refractivity contribution in [1.29, 1.82) is 0 Å². The van der Waals surface area contributed by atoms with Gasteiger partial charge in [-0.2, -0.15) is 0 Å². The highest BCUT2D eigenvalue weighted by Crippen LogP contribution is 2.33. The third-order valence-electron chi connectivity index (χ3n) is 5.57. The van der Waals surface area contributed by atoms with Crippen LogP contribution < -0.4 is 20.3 Å². The van der Waals surface area contributed by atoms with E-state index in [2.05, 4.69) is 25.4 Å². The number of aliphatic imine (C=N–C) groups is 1. The third kappa shape index (κ3) is 7.32. The van der Waals surface area contributed by atoms with Crippen LogP contribution in [0.3, 0.4) is 0 Å². The first-order valence-corrected chi connectivity index (χ1v) is 10.8. The molecule has 0 aromatic heterocycles. The second kappa shape index (κ2) is 12.8. The van der Waals surface area contributed by atoms with Crippen molar-refractivity contribution in [2.75, 3.05) is 65.5 Å². The second-order valence-corrected chi connectivity index (χ2v) is 8.09. The molecule has 2 N–H and O–H groups in total. The Morgan fingerprint density at radius 2 is 2.07 bits per heavy atom. The average molecular weight is 552 g/mol. The van der Waals surface area contributed by atoms with Crippen LogP contribution in [0, 0.1) is 0 Å². The topological polar surface area (TPSA) is 61.4 Å². The highest BCUT2D eigenvalue weighted by atomic mass is 127. The number of nitrogens with zero attached hydrogens (tertiary/aromatic N) is 3. The number of hydrogen-bond acceptors (Lipinski definition) is 5. The molecule has 1 unspecified atom stereocenters. The number of guanidine groups is 1. The molecule has 2 fully saturated rings. The minimum Gasteiger partial charge on any atom is -0.495 e. The molecule has 1 aliphatic heterocycles. The maximum atomic E-state index is 6.20. The van der Waals surface area contributed by atoms with E-state index >= 15 is 0 Å². The summed E-state index contributed by atoms with van der Waals surface area (Å²) in [6.45, 7) is 5.50. The minimum absolute atomic E-state index is 0. The van der Waals surface area contributed by atoms with Gasteiger partial charge in [0, 0.05) is 64.0 Å². The Morgan fingerprint density at radius 3 is 2.73 bits per heavy atom. The van der Waals surface area contributed by atoms with Crippen LogP contribution in [-0.4, -0.2) is 83.5 Å². The SMILES string of the molecule is CN=C(NCCN(CCOC)C1CC1)NC1CCN(c2cc(Cl)ccc2OC)C1.I. The molecule has 1 aliphatic carbocycles. The summed E-state index contributed by atoms with van der Waals surface area (Å²) in [5, 5.41) is 7.75. The molecule has 2 aliphatic rings. The van der Waals surface area contributed by atoms with Crippen molar-refractivity contribution >= 4 is 47.2 Å². The zero-order valence-electron chi connectivity index (χ0n) is 18.2. The lowest BCUT2D eigenvalue weighted by Crippen LogP contribution is -2.47. The maximum Gasteiger partial charge on any atom is 0.191 e. The van der Waals surface area contributed by atoms with Crippen molar-refractivity contribution in [3.63, 3.8) is 0 Å². The largest absolute Gasteiger partial charge is 0.495 e. The summed E-state index contributed by atoms with van der Waals surface area (Å²) in [5.41, 5.74) is 1.05. The lowest BCUT2D eigenvalue weighted by Gasteiger charge is -2.24. The zero-order valence-corrected chi connectivity index (χ0v) is 21.3. The van der Waals surface area contributed by atoms with Crippen LogP contribution in [0.15, 0.2) is 23.2 Å². The molecule has 0 bridgehead atoms. The van der Waals surface area contributed by atoms with Gasteiger partial charge in [0.15, 0.2) is 5.96 Å². The lowest BCUT2D eigenvalue weighted by molar-refractivity contribution is 0.144. The molecule has 7 nitrogen and oxygen atoms in total. The van der Waals surface area contributed by atoms with E-state index in [0.29, 0.717) is 6.04 Å². The normalized spacial score (nSPS) is 19.0. The Balaban J connectivity index is 0.00000320. The highest BCUT2D eigenvalue weighted by Gasteiger charge is 2.28. The summed E-state index contributed by atoms with van der Waals surface area (Å²) >= 11 is 6.20. The molecule has 1 heterocycles. The Labute approximate surface area is 202 Å². The van der Waals surface area contributed by atoms with Crippen LogP contribution in [-0.2, 0) is 4.74 Å².